The maximum absolute atomic E-state index is 14.0. The molecule has 1 aromatic heterocycles. The Morgan fingerprint density at radius 2 is 2.13 bits per heavy atom. The van der Waals surface area contributed by atoms with Crippen molar-refractivity contribution in [2.24, 2.45) is 0 Å². The van der Waals surface area contributed by atoms with Crippen LogP contribution >= 0.6 is 0 Å². The fourth-order valence-electron chi connectivity index (χ4n) is 3.61. The van der Waals surface area contributed by atoms with Crippen molar-refractivity contribution in [3.63, 3.8) is 0 Å². The highest BCUT2D eigenvalue weighted by atomic mass is 19.1. The van der Waals surface area contributed by atoms with E-state index in [-0.39, 0.29) is 24.7 Å². The molecule has 1 atom stereocenters. The number of ether oxygens (including phenoxy) is 2. The van der Waals surface area contributed by atoms with E-state index in [0.29, 0.717) is 24.5 Å². The molecule has 3 rings (SSSR count). The zero-order valence-electron chi connectivity index (χ0n) is 16.8. The Balaban J connectivity index is 1.60. The van der Waals surface area contributed by atoms with E-state index in [1.54, 1.807) is 12.1 Å². The van der Waals surface area contributed by atoms with Gasteiger partial charge in [0.05, 0.1) is 25.3 Å². The smallest absolute Gasteiger partial charge is 0.325 e. The van der Waals surface area contributed by atoms with Crippen LogP contribution in [0, 0.1) is 17.1 Å². The first-order chi connectivity index (χ1) is 14.5. The number of methoxy groups -OCH3 is 1. The first kappa shape index (κ1) is 21.7. The van der Waals surface area contributed by atoms with Gasteiger partial charge < -0.3 is 14.6 Å². The first-order valence-electron chi connectivity index (χ1n) is 9.76. The number of hydrogen-bond donors (Lipinski definition) is 1. The third-order valence-electron chi connectivity index (χ3n) is 5.34. The van der Waals surface area contributed by atoms with Crippen LogP contribution in [0.25, 0.3) is 0 Å². The number of aliphatic hydroxyl groups is 1. The monoisotopic (exact) mass is 413 g/mol. The summed E-state index contributed by atoms with van der Waals surface area (Å²) in [6.07, 6.45) is 1.57. The molecule has 0 amide bonds. The molecule has 30 heavy (non-hydrogen) atoms. The number of likely N-dealkylation sites (tertiary alicyclic amines) is 1. The van der Waals surface area contributed by atoms with E-state index in [2.05, 4.69) is 4.98 Å². The molecule has 7 nitrogen and oxygen atoms in total. The molecule has 1 unspecified atom stereocenters. The lowest BCUT2D eigenvalue weighted by molar-refractivity contribution is -0.149. The van der Waals surface area contributed by atoms with Crippen LogP contribution in [-0.2, 0) is 16.1 Å². The van der Waals surface area contributed by atoms with E-state index >= 15 is 0 Å². The number of nitrogens with zero attached hydrogens (tertiary/aromatic N) is 3. The van der Waals surface area contributed by atoms with E-state index in [1.165, 1.54) is 19.2 Å². The molecule has 1 saturated heterocycles. The van der Waals surface area contributed by atoms with E-state index in [0.717, 1.165) is 18.5 Å². The molecule has 0 bridgehead atoms. The van der Waals surface area contributed by atoms with Gasteiger partial charge in [0.1, 0.15) is 18.5 Å². The summed E-state index contributed by atoms with van der Waals surface area (Å²) in [5.41, 5.74) is 1.50. The second-order valence-corrected chi connectivity index (χ2v) is 7.14. The quantitative estimate of drug-likeness (QED) is 0.696. The number of hydrogen-bond acceptors (Lipinski definition) is 7. The van der Waals surface area contributed by atoms with Crippen molar-refractivity contribution in [2.75, 3.05) is 26.8 Å². The lowest BCUT2D eigenvalue weighted by Crippen LogP contribution is -2.47. The number of rotatable bonds is 7. The fraction of sp³-hybridized carbons (Fsp3) is 0.409. The number of nitriles is 1. The Hall–Kier alpha value is -3.02. The normalized spacial score (nSPS) is 15.9. The number of piperidine rings is 1. The van der Waals surface area contributed by atoms with Gasteiger partial charge in [-0.15, -0.1) is 0 Å². The number of benzene rings is 1. The third-order valence-corrected chi connectivity index (χ3v) is 5.34. The molecule has 1 fully saturated rings. The molecule has 0 aliphatic carbocycles. The molecule has 2 aromatic rings. The predicted octanol–water partition coefficient (Wildman–Crippen LogP) is 2.38. The highest BCUT2D eigenvalue weighted by molar-refractivity contribution is 5.75. The molecule has 1 aliphatic rings. The van der Waals surface area contributed by atoms with Crippen LogP contribution in [0.4, 0.5) is 4.39 Å². The van der Waals surface area contributed by atoms with Crippen molar-refractivity contribution in [1.82, 2.24) is 9.88 Å². The van der Waals surface area contributed by atoms with Crippen LogP contribution in [0.2, 0.25) is 0 Å². The Bertz CT molecular complexity index is 923. The summed E-state index contributed by atoms with van der Waals surface area (Å²) in [5.74, 6) is -0.309. The molecule has 158 valence electrons. The van der Waals surface area contributed by atoms with Gasteiger partial charge in [-0.25, -0.2) is 9.37 Å². The van der Waals surface area contributed by atoms with E-state index in [9.17, 15) is 14.3 Å². The highest BCUT2D eigenvalue weighted by Gasteiger charge is 2.30. The number of aromatic nitrogens is 1. The largest absolute Gasteiger partial charge is 0.473 e. The standard InChI is InChI=1S/C22H24FN3O4/c1-29-22(28)20(13-27)26-9-7-16(8-10-26)19-3-2-4-21(25-19)30-14-17-6-5-15(12-24)11-18(17)23/h2-6,11,16,20,27H,7-10,13-14H2,1H3. The molecular formula is C22H24FN3O4. The van der Waals surface area contributed by atoms with Crippen LogP contribution in [0.5, 0.6) is 5.88 Å². The zero-order valence-corrected chi connectivity index (χ0v) is 16.8. The van der Waals surface area contributed by atoms with E-state index in [4.69, 9.17) is 14.7 Å². The zero-order chi connectivity index (χ0) is 21.5. The number of halogens is 1. The van der Waals surface area contributed by atoms with Crippen molar-refractivity contribution >= 4 is 5.97 Å². The number of carbonyl (C=O) groups excluding carboxylic acids is 1. The summed E-state index contributed by atoms with van der Waals surface area (Å²) < 4.78 is 24.4. The van der Waals surface area contributed by atoms with E-state index in [1.807, 2.05) is 23.1 Å². The van der Waals surface area contributed by atoms with E-state index < -0.39 is 17.8 Å². The minimum absolute atomic E-state index is 0.0176. The van der Waals surface area contributed by atoms with Crippen molar-refractivity contribution in [3.8, 4) is 11.9 Å². The van der Waals surface area contributed by atoms with Gasteiger partial charge in [-0.3, -0.25) is 9.69 Å². The summed E-state index contributed by atoms with van der Waals surface area (Å²) in [4.78, 5) is 18.3. The number of pyridine rings is 1. The van der Waals surface area contributed by atoms with Gasteiger partial charge in [0, 0.05) is 23.2 Å². The number of esters is 1. The molecule has 0 saturated carbocycles. The summed E-state index contributed by atoms with van der Waals surface area (Å²) in [7, 11) is 1.32. The minimum atomic E-state index is -0.638. The SMILES string of the molecule is COC(=O)C(CO)N1CCC(c2cccc(OCc3ccc(C#N)cc3F)n2)CC1. The predicted molar refractivity (Wildman–Crippen MR) is 106 cm³/mol. The second kappa shape index (κ2) is 10.1. The van der Waals surface area contributed by atoms with Crippen LogP contribution in [0.3, 0.4) is 0 Å². The first-order valence-corrected chi connectivity index (χ1v) is 9.76. The van der Waals surface area contributed by atoms with Crippen LogP contribution < -0.4 is 4.74 Å². The molecular weight excluding hydrogens is 389 g/mol. The molecule has 8 heteroatoms. The van der Waals surface area contributed by atoms with Gasteiger partial charge in [-0.05, 0) is 44.1 Å². The summed E-state index contributed by atoms with van der Waals surface area (Å²) in [6.45, 7) is 1.04. The summed E-state index contributed by atoms with van der Waals surface area (Å²) in [5, 5.41) is 18.3. The lowest BCUT2D eigenvalue weighted by Gasteiger charge is -2.35. The molecule has 1 aromatic carbocycles. The Morgan fingerprint density at radius 1 is 1.37 bits per heavy atom. The molecule has 2 heterocycles. The number of aliphatic hydroxyl groups excluding tert-OH is 1. The molecule has 1 aliphatic heterocycles. The minimum Gasteiger partial charge on any atom is -0.473 e. The second-order valence-electron chi connectivity index (χ2n) is 7.14. The maximum atomic E-state index is 14.0. The van der Waals surface area contributed by atoms with Crippen molar-refractivity contribution in [2.45, 2.75) is 31.4 Å². The topological polar surface area (TPSA) is 95.7 Å². The van der Waals surface area contributed by atoms with Crippen molar-refractivity contribution in [3.05, 3.63) is 59.0 Å². The average Bonchev–Trinajstić information content (AvgIpc) is 2.79. The van der Waals surface area contributed by atoms with Crippen molar-refractivity contribution < 1.29 is 23.8 Å². The molecule has 1 N–H and O–H groups in total. The van der Waals surface area contributed by atoms with Gasteiger partial charge in [0.2, 0.25) is 5.88 Å². The summed E-state index contributed by atoms with van der Waals surface area (Å²) in [6, 6.07) is 11.0. The van der Waals surface area contributed by atoms with Crippen LogP contribution in [0.15, 0.2) is 36.4 Å². The highest BCUT2D eigenvalue weighted by Crippen LogP contribution is 2.29. The van der Waals surface area contributed by atoms with Gasteiger partial charge in [-0.1, -0.05) is 12.1 Å². The molecule has 0 spiro atoms. The molecule has 0 radical (unpaired) electrons. The fourth-order valence-corrected chi connectivity index (χ4v) is 3.61. The average molecular weight is 413 g/mol. The summed E-state index contributed by atoms with van der Waals surface area (Å²) >= 11 is 0. The van der Waals surface area contributed by atoms with Gasteiger partial charge >= 0.3 is 5.97 Å². The lowest BCUT2D eigenvalue weighted by atomic mass is 9.92. The van der Waals surface area contributed by atoms with Gasteiger partial charge in [-0.2, -0.15) is 5.26 Å². The van der Waals surface area contributed by atoms with Crippen LogP contribution in [0.1, 0.15) is 35.6 Å². The third kappa shape index (κ3) is 5.12. The van der Waals surface area contributed by atoms with Gasteiger partial charge in [0.25, 0.3) is 0 Å². The van der Waals surface area contributed by atoms with Crippen LogP contribution in [-0.4, -0.2) is 53.8 Å². The Labute approximate surface area is 174 Å². The maximum Gasteiger partial charge on any atom is 0.325 e. The number of carbonyl (C=O) groups is 1. The Morgan fingerprint density at radius 3 is 2.77 bits per heavy atom. The van der Waals surface area contributed by atoms with Gasteiger partial charge in [0.15, 0.2) is 0 Å². The van der Waals surface area contributed by atoms with Crippen molar-refractivity contribution in [1.29, 1.82) is 5.26 Å². The Kier molecular flexibility index (Phi) is 7.33.